The Kier molecular flexibility index (Phi) is 6.36. The molecule has 3 N–H and O–H groups in total. The van der Waals surface area contributed by atoms with Gasteiger partial charge in [0.05, 0.1) is 6.61 Å². The second-order valence-corrected chi connectivity index (χ2v) is 9.58. The third-order valence-corrected chi connectivity index (χ3v) is 6.62. The minimum absolute atomic E-state index is 0.00602. The first-order chi connectivity index (χ1) is 17.3. The van der Waals surface area contributed by atoms with Gasteiger partial charge in [-0.1, -0.05) is 6.08 Å². The fourth-order valence-corrected chi connectivity index (χ4v) is 4.67. The monoisotopic (exact) mass is 489 g/mol. The first kappa shape index (κ1) is 23.8. The van der Waals surface area contributed by atoms with E-state index in [9.17, 15) is 9.59 Å². The third-order valence-electron chi connectivity index (χ3n) is 6.62. The van der Waals surface area contributed by atoms with Crippen LogP contribution in [0, 0.1) is 0 Å². The van der Waals surface area contributed by atoms with Gasteiger partial charge in [0.25, 0.3) is 5.91 Å². The lowest BCUT2D eigenvalue weighted by atomic mass is 10.0. The van der Waals surface area contributed by atoms with E-state index in [0.717, 1.165) is 28.9 Å². The molecular weight excluding hydrogens is 458 g/mol. The van der Waals surface area contributed by atoms with E-state index in [4.69, 9.17) is 15.5 Å². The molecule has 0 radical (unpaired) electrons. The average molecular weight is 490 g/mol. The summed E-state index contributed by atoms with van der Waals surface area (Å²) >= 11 is 0. The van der Waals surface area contributed by atoms with E-state index in [0.29, 0.717) is 50.7 Å². The van der Waals surface area contributed by atoms with Crippen LogP contribution >= 0.6 is 0 Å². The zero-order valence-electron chi connectivity index (χ0n) is 20.6. The van der Waals surface area contributed by atoms with E-state index in [-0.39, 0.29) is 17.5 Å². The van der Waals surface area contributed by atoms with Crippen molar-refractivity contribution in [2.75, 3.05) is 38.1 Å². The van der Waals surface area contributed by atoms with Gasteiger partial charge >= 0.3 is 6.09 Å². The van der Waals surface area contributed by atoms with Crippen molar-refractivity contribution < 1.29 is 14.3 Å². The molecule has 0 bridgehead atoms. The molecule has 5 rings (SSSR count). The van der Waals surface area contributed by atoms with E-state index in [1.54, 1.807) is 33.4 Å². The van der Waals surface area contributed by atoms with Crippen molar-refractivity contribution in [2.45, 2.75) is 32.2 Å². The fourth-order valence-electron chi connectivity index (χ4n) is 4.67. The highest BCUT2D eigenvalue weighted by atomic mass is 16.6. The molecule has 0 saturated carbocycles. The lowest BCUT2D eigenvalue weighted by Gasteiger charge is -2.25. The van der Waals surface area contributed by atoms with E-state index in [1.807, 2.05) is 43.5 Å². The highest BCUT2D eigenvalue weighted by Crippen LogP contribution is 2.27. The Hall–Kier alpha value is -3.92. The van der Waals surface area contributed by atoms with Gasteiger partial charge < -0.3 is 25.6 Å². The zero-order chi connectivity index (χ0) is 25.3. The largest absolute Gasteiger partial charge is 0.450 e. The van der Waals surface area contributed by atoms with Crippen molar-refractivity contribution in [2.24, 2.45) is 5.73 Å². The number of carbonyl (C=O) groups excluding carboxylic acids is 2. The van der Waals surface area contributed by atoms with Crippen LogP contribution in [0.15, 0.2) is 48.7 Å². The lowest BCUT2D eigenvalue weighted by molar-refractivity contribution is 0.0785. The number of likely N-dealkylation sites (tertiary alicyclic amines) is 1. The quantitative estimate of drug-likeness (QED) is 0.565. The van der Waals surface area contributed by atoms with Crippen LogP contribution in [0.3, 0.4) is 0 Å². The van der Waals surface area contributed by atoms with Crippen LogP contribution in [0.5, 0.6) is 0 Å². The molecule has 2 amide bonds. The molecule has 0 aliphatic carbocycles. The summed E-state index contributed by atoms with van der Waals surface area (Å²) < 4.78 is 6.85. The summed E-state index contributed by atoms with van der Waals surface area (Å²) in [6.07, 6.45) is 5.13. The summed E-state index contributed by atoms with van der Waals surface area (Å²) in [5.74, 6) is 0.457. The molecule has 2 aliphatic rings. The topological polar surface area (TPSA) is 118 Å². The minimum Gasteiger partial charge on any atom is -0.450 e. The molecule has 188 valence electrons. The van der Waals surface area contributed by atoms with Gasteiger partial charge in [-0.15, -0.1) is 5.10 Å². The van der Waals surface area contributed by atoms with Crippen LogP contribution in [0.1, 0.15) is 42.6 Å². The summed E-state index contributed by atoms with van der Waals surface area (Å²) in [7, 11) is 0. The summed E-state index contributed by atoms with van der Waals surface area (Å²) in [6, 6.07) is 11.3. The van der Waals surface area contributed by atoms with Crippen LogP contribution in [0.25, 0.3) is 11.2 Å². The first-order valence-corrected chi connectivity index (χ1v) is 12.2. The van der Waals surface area contributed by atoms with E-state index in [1.165, 1.54) is 0 Å². The number of rotatable bonds is 5. The average Bonchev–Trinajstić information content (AvgIpc) is 3.46. The standard InChI is InChI=1S/C26H31N7O3/c1-3-36-25(35)31-14-10-18(11-15-31)21-5-4-13-33-22(21)29-24(30-33)28-20-8-6-19(7-9-20)23(34)32-16-12-26(2,27)17-32/h4-10,13H,3,11-12,14-17,27H2,1-2H3,(H,28,30)/t26-/m1/s1. The van der Waals surface area contributed by atoms with Gasteiger partial charge in [-0.25, -0.2) is 9.31 Å². The number of aromatic nitrogens is 3. The maximum atomic E-state index is 12.8. The molecule has 0 unspecified atom stereocenters. The van der Waals surface area contributed by atoms with Gasteiger partial charge in [0.2, 0.25) is 5.95 Å². The Balaban J connectivity index is 1.29. The number of anilines is 2. The lowest BCUT2D eigenvalue weighted by Crippen LogP contribution is -2.40. The summed E-state index contributed by atoms with van der Waals surface area (Å²) in [5.41, 5.74) is 10.1. The number of ether oxygens (including phenoxy) is 1. The van der Waals surface area contributed by atoms with Crippen LogP contribution in [-0.4, -0.2) is 74.7 Å². The number of hydrogen-bond acceptors (Lipinski definition) is 7. The maximum Gasteiger partial charge on any atom is 0.410 e. The highest BCUT2D eigenvalue weighted by Gasteiger charge is 2.32. The van der Waals surface area contributed by atoms with Crippen LogP contribution in [-0.2, 0) is 4.74 Å². The molecule has 10 nitrogen and oxygen atoms in total. The number of nitrogens with two attached hydrogens (primary N) is 1. The number of hydrogen-bond donors (Lipinski definition) is 2. The molecule has 36 heavy (non-hydrogen) atoms. The third kappa shape index (κ3) is 4.90. The summed E-state index contributed by atoms with van der Waals surface area (Å²) in [5, 5.41) is 7.79. The predicted molar refractivity (Wildman–Crippen MR) is 137 cm³/mol. The van der Waals surface area contributed by atoms with Gasteiger partial charge in [0, 0.05) is 54.7 Å². The fraction of sp³-hybridized carbons (Fsp3) is 0.385. The van der Waals surface area contributed by atoms with Gasteiger partial charge in [-0.2, -0.15) is 4.98 Å². The zero-order valence-corrected chi connectivity index (χ0v) is 20.6. The summed E-state index contributed by atoms with van der Waals surface area (Å²) in [4.78, 5) is 33.0. The van der Waals surface area contributed by atoms with E-state index in [2.05, 4.69) is 10.4 Å². The normalized spacial score (nSPS) is 19.9. The van der Waals surface area contributed by atoms with Gasteiger partial charge in [-0.05, 0) is 68.7 Å². The van der Waals surface area contributed by atoms with Crippen LogP contribution in [0.2, 0.25) is 0 Å². The van der Waals surface area contributed by atoms with Crippen molar-refractivity contribution in [1.82, 2.24) is 24.4 Å². The Morgan fingerprint density at radius 2 is 1.97 bits per heavy atom. The molecule has 2 aromatic heterocycles. The predicted octanol–water partition coefficient (Wildman–Crippen LogP) is 3.28. The van der Waals surface area contributed by atoms with E-state index < -0.39 is 0 Å². The summed E-state index contributed by atoms with van der Waals surface area (Å²) in [6.45, 7) is 6.49. The van der Waals surface area contributed by atoms with Gasteiger partial charge in [0.1, 0.15) is 0 Å². The molecule has 1 fully saturated rings. The molecule has 10 heteroatoms. The molecule has 0 spiro atoms. The highest BCUT2D eigenvalue weighted by molar-refractivity contribution is 5.95. The van der Waals surface area contributed by atoms with Crippen LogP contribution in [0.4, 0.5) is 16.4 Å². The number of carbonyl (C=O) groups is 2. The number of fused-ring (bicyclic) bond motifs is 1. The Morgan fingerprint density at radius 3 is 2.64 bits per heavy atom. The second kappa shape index (κ2) is 9.62. The number of pyridine rings is 1. The number of benzene rings is 1. The number of nitrogens with one attached hydrogen (secondary N) is 1. The molecule has 3 aromatic rings. The van der Waals surface area contributed by atoms with Gasteiger partial charge in [-0.3, -0.25) is 4.79 Å². The first-order valence-electron chi connectivity index (χ1n) is 12.2. The van der Waals surface area contributed by atoms with E-state index >= 15 is 0 Å². The van der Waals surface area contributed by atoms with Gasteiger partial charge in [0.15, 0.2) is 5.65 Å². The second-order valence-electron chi connectivity index (χ2n) is 9.58. The van der Waals surface area contributed by atoms with Crippen molar-refractivity contribution in [1.29, 1.82) is 0 Å². The van der Waals surface area contributed by atoms with Crippen molar-refractivity contribution >= 4 is 34.9 Å². The molecule has 1 atom stereocenters. The number of nitrogens with zero attached hydrogens (tertiary/aromatic N) is 5. The molecule has 4 heterocycles. The molecule has 2 aliphatic heterocycles. The molecule has 1 saturated heterocycles. The number of amides is 2. The van der Waals surface area contributed by atoms with Crippen molar-refractivity contribution in [3.63, 3.8) is 0 Å². The minimum atomic E-state index is -0.321. The molecular formula is C26H31N7O3. The maximum absolute atomic E-state index is 12.8. The van der Waals surface area contributed by atoms with Crippen molar-refractivity contribution in [3.8, 4) is 0 Å². The van der Waals surface area contributed by atoms with Crippen LogP contribution < -0.4 is 11.1 Å². The molecule has 1 aromatic carbocycles. The SMILES string of the molecule is CCOC(=O)N1CC=C(c2cccn3nc(Nc4ccc(C(=O)N5CC[C@@](C)(N)C5)cc4)nc23)CC1. The smallest absolute Gasteiger partial charge is 0.410 e. The Labute approximate surface area is 209 Å². The Morgan fingerprint density at radius 1 is 1.17 bits per heavy atom. The van der Waals surface area contributed by atoms with Crippen molar-refractivity contribution in [3.05, 3.63) is 59.8 Å². The Bertz CT molecular complexity index is 1310.